The van der Waals surface area contributed by atoms with Crippen LogP contribution in [0.15, 0.2) is 0 Å². The van der Waals surface area contributed by atoms with Gasteiger partial charge in [-0.1, -0.05) is 0 Å². The molecule has 0 amide bonds. The van der Waals surface area contributed by atoms with E-state index in [1.807, 2.05) is 0 Å². The molecule has 2 fully saturated rings. The van der Waals surface area contributed by atoms with Crippen molar-refractivity contribution in [3.05, 3.63) is 0 Å². The van der Waals surface area contributed by atoms with E-state index in [1.54, 1.807) is 0 Å². The summed E-state index contributed by atoms with van der Waals surface area (Å²) in [5.74, 6) is 0.509. The van der Waals surface area contributed by atoms with E-state index >= 15 is 0 Å². The van der Waals surface area contributed by atoms with Crippen molar-refractivity contribution in [2.24, 2.45) is 5.92 Å². The summed E-state index contributed by atoms with van der Waals surface area (Å²) in [4.78, 5) is 4.92. The highest BCUT2D eigenvalue weighted by atomic mass is 16.3. The maximum atomic E-state index is 10.4. The van der Waals surface area contributed by atoms with Gasteiger partial charge < -0.3 is 15.3 Å². The van der Waals surface area contributed by atoms with Crippen LogP contribution in [0.1, 0.15) is 26.7 Å². The van der Waals surface area contributed by atoms with Crippen LogP contribution in [0.25, 0.3) is 0 Å². The highest BCUT2D eigenvalue weighted by Gasteiger charge is 2.27. The quantitative estimate of drug-likeness (QED) is 0.761. The summed E-state index contributed by atoms with van der Waals surface area (Å²) in [6, 6.07) is 0.649. The number of likely N-dealkylation sites (tertiary alicyclic amines) is 1. The van der Waals surface area contributed by atoms with Crippen molar-refractivity contribution in [1.29, 1.82) is 0 Å². The number of piperidine rings is 1. The molecule has 2 heterocycles. The molecule has 0 aromatic rings. The van der Waals surface area contributed by atoms with Crippen LogP contribution in [0, 0.1) is 5.92 Å². The van der Waals surface area contributed by atoms with Crippen LogP contribution in [-0.4, -0.2) is 72.9 Å². The van der Waals surface area contributed by atoms with Gasteiger partial charge in [0, 0.05) is 38.8 Å². The van der Waals surface area contributed by atoms with Crippen molar-refractivity contribution in [2.45, 2.75) is 38.8 Å². The van der Waals surface area contributed by atoms with Crippen LogP contribution in [0.3, 0.4) is 0 Å². The lowest BCUT2D eigenvalue weighted by molar-refractivity contribution is 0.0234. The molecule has 18 heavy (non-hydrogen) atoms. The molecule has 4 heteroatoms. The van der Waals surface area contributed by atoms with E-state index in [2.05, 4.69) is 29.0 Å². The maximum Gasteiger partial charge on any atom is 0.0696 e. The third-order valence-electron chi connectivity index (χ3n) is 4.50. The first-order chi connectivity index (χ1) is 8.66. The Hall–Kier alpha value is -0.160. The number of hydrogen-bond acceptors (Lipinski definition) is 4. The molecule has 0 saturated carbocycles. The van der Waals surface area contributed by atoms with Gasteiger partial charge in [-0.3, -0.25) is 4.90 Å². The van der Waals surface area contributed by atoms with Crippen molar-refractivity contribution in [1.82, 2.24) is 15.1 Å². The Morgan fingerprint density at radius 3 is 2.28 bits per heavy atom. The molecule has 106 valence electrons. The second-order valence-electron chi connectivity index (χ2n) is 6.09. The molecule has 1 atom stereocenters. The highest BCUT2D eigenvalue weighted by molar-refractivity contribution is 4.81. The van der Waals surface area contributed by atoms with Crippen LogP contribution in [0.4, 0.5) is 0 Å². The molecule has 1 unspecified atom stereocenters. The van der Waals surface area contributed by atoms with Gasteiger partial charge >= 0.3 is 0 Å². The van der Waals surface area contributed by atoms with Crippen molar-refractivity contribution >= 4 is 0 Å². The third-order valence-corrected chi connectivity index (χ3v) is 4.50. The number of β-amino-alcohol motifs (C(OH)–C–C–N with tert-alkyl or cyclic N) is 1. The minimum absolute atomic E-state index is 0.127. The van der Waals surface area contributed by atoms with Gasteiger partial charge in [-0.15, -0.1) is 0 Å². The predicted octanol–water partition coefficient (Wildman–Crippen LogP) is 0.373. The van der Waals surface area contributed by atoms with Crippen LogP contribution >= 0.6 is 0 Å². The molecule has 2 aliphatic heterocycles. The Morgan fingerprint density at radius 2 is 1.72 bits per heavy atom. The van der Waals surface area contributed by atoms with E-state index in [4.69, 9.17) is 0 Å². The van der Waals surface area contributed by atoms with E-state index in [0.717, 1.165) is 58.7 Å². The lowest BCUT2D eigenvalue weighted by Gasteiger charge is -2.38. The molecule has 2 N–H and O–H groups in total. The summed E-state index contributed by atoms with van der Waals surface area (Å²) in [5, 5.41) is 13.7. The smallest absolute Gasteiger partial charge is 0.0696 e. The van der Waals surface area contributed by atoms with Gasteiger partial charge in [-0.25, -0.2) is 0 Å². The SMILES string of the molecule is CC(C)N1CCC(C(O)CN2CCNCC2)CC1. The maximum absolute atomic E-state index is 10.4. The molecule has 0 bridgehead atoms. The largest absolute Gasteiger partial charge is 0.392 e. The van der Waals surface area contributed by atoms with Crippen LogP contribution < -0.4 is 5.32 Å². The summed E-state index contributed by atoms with van der Waals surface area (Å²) < 4.78 is 0. The van der Waals surface area contributed by atoms with Gasteiger partial charge in [0.2, 0.25) is 0 Å². The van der Waals surface area contributed by atoms with Crippen LogP contribution in [0.5, 0.6) is 0 Å². The lowest BCUT2D eigenvalue weighted by Crippen LogP contribution is -2.49. The second-order valence-corrected chi connectivity index (χ2v) is 6.09. The summed E-state index contributed by atoms with van der Waals surface area (Å²) in [5.41, 5.74) is 0. The molecular formula is C14H29N3O. The highest BCUT2D eigenvalue weighted by Crippen LogP contribution is 2.22. The molecular weight excluding hydrogens is 226 g/mol. The molecule has 2 aliphatic rings. The average Bonchev–Trinajstić information content (AvgIpc) is 2.40. The van der Waals surface area contributed by atoms with Gasteiger partial charge in [0.15, 0.2) is 0 Å². The van der Waals surface area contributed by atoms with Gasteiger partial charge in [0.25, 0.3) is 0 Å². The summed E-state index contributed by atoms with van der Waals surface area (Å²) >= 11 is 0. The first-order valence-corrected chi connectivity index (χ1v) is 7.52. The topological polar surface area (TPSA) is 38.7 Å². The zero-order chi connectivity index (χ0) is 13.0. The third kappa shape index (κ3) is 3.92. The first-order valence-electron chi connectivity index (χ1n) is 7.52. The fourth-order valence-electron chi connectivity index (χ4n) is 3.13. The van der Waals surface area contributed by atoms with Crippen LogP contribution in [-0.2, 0) is 0 Å². The van der Waals surface area contributed by atoms with Gasteiger partial charge in [0.1, 0.15) is 0 Å². The number of rotatable bonds is 4. The van der Waals surface area contributed by atoms with E-state index in [1.165, 1.54) is 0 Å². The average molecular weight is 255 g/mol. The molecule has 2 rings (SSSR count). The standard InChI is InChI=1S/C14H29N3O/c1-12(2)17-7-3-13(4-8-17)14(18)11-16-9-5-15-6-10-16/h12-15,18H,3-11H2,1-2H3. The van der Waals surface area contributed by atoms with Crippen molar-refractivity contribution in [2.75, 3.05) is 45.8 Å². The second kappa shape index (κ2) is 6.85. The van der Waals surface area contributed by atoms with E-state index in [0.29, 0.717) is 12.0 Å². The number of aliphatic hydroxyl groups excluding tert-OH is 1. The number of nitrogens with zero attached hydrogens (tertiary/aromatic N) is 2. The predicted molar refractivity (Wildman–Crippen MR) is 74.7 cm³/mol. The Morgan fingerprint density at radius 1 is 1.11 bits per heavy atom. The zero-order valence-electron chi connectivity index (χ0n) is 11.9. The Labute approximate surface area is 111 Å². The Balaban J connectivity index is 1.71. The number of piperazine rings is 1. The summed E-state index contributed by atoms with van der Waals surface area (Å²) in [6.07, 6.45) is 2.19. The fourth-order valence-corrected chi connectivity index (χ4v) is 3.13. The van der Waals surface area contributed by atoms with E-state index in [-0.39, 0.29) is 6.10 Å². The number of hydrogen-bond donors (Lipinski definition) is 2. The number of nitrogens with one attached hydrogen (secondary N) is 1. The van der Waals surface area contributed by atoms with E-state index < -0.39 is 0 Å². The Bertz CT molecular complexity index is 233. The van der Waals surface area contributed by atoms with Crippen molar-refractivity contribution in [3.63, 3.8) is 0 Å². The molecule has 0 spiro atoms. The summed E-state index contributed by atoms with van der Waals surface area (Å²) in [6.45, 7) is 12.0. The van der Waals surface area contributed by atoms with Crippen LogP contribution in [0.2, 0.25) is 0 Å². The zero-order valence-corrected chi connectivity index (χ0v) is 11.9. The van der Waals surface area contributed by atoms with E-state index in [9.17, 15) is 5.11 Å². The van der Waals surface area contributed by atoms with Crippen molar-refractivity contribution < 1.29 is 5.11 Å². The Kier molecular flexibility index (Phi) is 5.42. The molecule has 0 aromatic carbocycles. The van der Waals surface area contributed by atoms with Gasteiger partial charge in [0.05, 0.1) is 6.10 Å². The molecule has 2 saturated heterocycles. The normalized spacial score (nSPS) is 26.7. The molecule has 0 aliphatic carbocycles. The number of aliphatic hydroxyl groups is 1. The fraction of sp³-hybridized carbons (Fsp3) is 1.00. The molecule has 4 nitrogen and oxygen atoms in total. The lowest BCUT2D eigenvalue weighted by atomic mass is 9.90. The summed E-state index contributed by atoms with van der Waals surface area (Å²) in [7, 11) is 0. The molecule has 0 radical (unpaired) electrons. The van der Waals surface area contributed by atoms with Gasteiger partial charge in [-0.05, 0) is 45.7 Å². The minimum atomic E-state index is -0.127. The monoisotopic (exact) mass is 255 g/mol. The minimum Gasteiger partial charge on any atom is -0.392 e. The first kappa shape index (κ1) is 14.3. The van der Waals surface area contributed by atoms with Crippen molar-refractivity contribution in [3.8, 4) is 0 Å². The van der Waals surface area contributed by atoms with Gasteiger partial charge in [-0.2, -0.15) is 0 Å². The molecule has 0 aromatic heterocycles.